The molecule has 1 aliphatic rings. The molecule has 1 N–H and O–H groups in total. The highest BCUT2D eigenvalue weighted by Crippen LogP contribution is 2.27. The Kier molecular flexibility index (Phi) is 4.85. The lowest BCUT2D eigenvalue weighted by molar-refractivity contribution is -0.122. The first-order valence-electron chi connectivity index (χ1n) is 7.40. The third kappa shape index (κ3) is 3.72. The lowest BCUT2D eigenvalue weighted by Crippen LogP contribution is -2.36. The largest absolute Gasteiger partial charge is 0.376 e. The van der Waals surface area contributed by atoms with Crippen molar-refractivity contribution in [3.63, 3.8) is 0 Å². The lowest BCUT2D eigenvalue weighted by Gasteiger charge is -2.24. The number of ether oxygens (including phenoxy) is 1. The van der Waals surface area contributed by atoms with Gasteiger partial charge >= 0.3 is 0 Å². The van der Waals surface area contributed by atoms with Crippen LogP contribution in [-0.2, 0) is 16.0 Å². The molecule has 0 bridgehead atoms. The SMILES string of the molecule is O=C(Cc1ccsc1)NC(c1ccc(F)cc1)C1CCCO1. The monoisotopic (exact) mass is 319 g/mol. The minimum absolute atomic E-state index is 0.0387. The molecule has 0 saturated carbocycles. The molecule has 1 fully saturated rings. The maximum atomic E-state index is 13.1. The van der Waals surface area contributed by atoms with E-state index in [1.54, 1.807) is 23.5 Å². The number of hydrogen-bond acceptors (Lipinski definition) is 3. The van der Waals surface area contributed by atoms with Gasteiger partial charge in [-0.1, -0.05) is 12.1 Å². The van der Waals surface area contributed by atoms with Crippen LogP contribution in [0.5, 0.6) is 0 Å². The van der Waals surface area contributed by atoms with Gasteiger partial charge in [0.15, 0.2) is 0 Å². The Hall–Kier alpha value is -1.72. The second-order valence-corrected chi connectivity index (χ2v) is 6.24. The molecule has 2 atom stereocenters. The maximum absolute atomic E-state index is 13.1. The highest BCUT2D eigenvalue weighted by Gasteiger charge is 2.28. The third-order valence-corrected chi connectivity index (χ3v) is 4.56. The van der Waals surface area contributed by atoms with Crippen LogP contribution in [0.25, 0.3) is 0 Å². The molecule has 0 radical (unpaired) electrons. The summed E-state index contributed by atoms with van der Waals surface area (Å²) in [5, 5.41) is 6.98. The molecule has 116 valence electrons. The first-order valence-corrected chi connectivity index (χ1v) is 8.34. The fourth-order valence-corrected chi connectivity index (χ4v) is 3.40. The standard InChI is InChI=1S/C17H18FNO2S/c18-14-5-3-13(4-6-14)17(15-2-1-8-21-15)19-16(20)10-12-7-9-22-11-12/h3-7,9,11,15,17H,1-2,8,10H2,(H,19,20). The molecule has 1 amide bonds. The first-order chi connectivity index (χ1) is 10.7. The van der Waals surface area contributed by atoms with E-state index < -0.39 is 0 Å². The summed E-state index contributed by atoms with van der Waals surface area (Å²) in [5.74, 6) is -0.317. The number of carbonyl (C=O) groups excluding carboxylic acids is 1. The van der Waals surface area contributed by atoms with Crippen LogP contribution in [-0.4, -0.2) is 18.6 Å². The van der Waals surface area contributed by atoms with E-state index >= 15 is 0 Å². The fraction of sp³-hybridized carbons (Fsp3) is 0.353. The molecule has 0 aliphatic carbocycles. The predicted molar refractivity (Wildman–Crippen MR) is 84.3 cm³/mol. The van der Waals surface area contributed by atoms with Crippen LogP contribution in [0.4, 0.5) is 4.39 Å². The number of hydrogen-bond donors (Lipinski definition) is 1. The van der Waals surface area contributed by atoms with Crippen molar-refractivity contribution in [2.75, 3.05) is 6.61 Å². The minimum atomic E-state index is -0.278. The van der Waals surface area contributed by atoms with E-state index in [1.807, 2.05) is 16.8 Å². The van der Waals surface area contributed by atoms with Gasteiger partial charge in [0.05, 0.1) is 18.6 Å². The van der Waals surface area contributed by atoms with Crippen LogP contribution in [0.3, 0.4) is 0 Å². The first kappa shape index (κ1) is 15.2. The van der Waals surface area contributed by atoms with Gasteiger partial charge in [-0.3, -0.25) is 4.79 Å². The Bertz CT molecular complexity index is 606. The van der Waals surface area contributed by atoms with Crippen LogP contribution in [0.1, 0.15) is 30.0 Å². The van der Waals surface area contributed by atoms with Crippen molar-refractivity contribution in [2.45, 2.75) is 31.4 Å². The summed E-state index contributed by atoms with van der Waals surface area (Å²) < 4.78 is 18.9. The van der Waals surface area contributed by atoms with Crippen LogP contribution in [0.2, 0.25) is 0 Å². The van der Waals surface area contributed by atoms with Crippen molar-refractivity contribution in [2.24, 2.45) is 0 Å². The van der Waals surface area contributed by atoms with Gasteiger partial charge in [0.1, 0.15) is 5.82 Å². The molecule has 22 heavy (non-hydrogen) atoms. The molecule has 3 rings (SSSR count). The van der Waals surface area contributed by atoms with Gasteiger partial charge in [-0.2, -0.15) is 11.3 Å². The molecule has 0 spiro atoms. The molecule has 5 heteroatoms. The number of carbonyl (C=O) groups is 1. The summed E-state index contributed by atoms with van der Waals surface area (Å²) in [6.45, 7) is 0.711. The summed E-state index contributed by atoms with van der Waals surface area (Å²) in [7, 11) is 0. The Morgan fingerprint density at radius 1 is 1.36 bits per heavy atom. The Balaban J connectivity index is 1.73. The zero-order valence-corrected chi connectivity index (χ0v) is 12.9. The van der Waals surface area contributed by atoms with E-state index in [2.05, 4.69) is 5.32 Å². The van der Waals surface area contributed by atoms with Gasteiger partial charge in [-0.05, 0) is 52.9 Å². The van der Waals surface area contributed by atoms with Gasteiger partial charge < -0.3 is 10.1 Å². The Labute approximate surface area is 133 Å². The lowest BCUT2D eigenvalue weighted by atomic mass is 9.99. The number of rotatable bonds is 5. The van der Waals surface area contributed by atoms with Gasteiger partial charge in [-0.25, -0.2) is 4.39 Å². The summed E-state index contributed by atoms with van der Waals surface area (Å²) in [6.07, 6.45) is 2.20. The summed E-state index contributed by atoms with van der Waals surface area (Å²) in [5.41, 5.74) is 1.89. The maximum Gasteiger partial charge on any atom is 0.225 e. The topological polar surface area (TPSA) is 38.3 Å². The number of benzene rings is 1. The number of thiophene rings is 1. The third-order valence-electron chi connectivity index (χ3n) is 3.83. The normalized spacial score (nSPS) is 19.0. The van der Waals surface area contributed by atoms with Crippen molar-refractivity contribution in [1.29, 1.82) is 0 Å². The average Bonchev–Trinajstić information content (AvgIpc) is 3.19. The van der Waals surface area contributed by atoms with Crippen LogP contribution >= 0.6 is 11.3 Å². The molecule has 1 aromatic heterocycles. The van der Waals surface area contributed by atoms with E-state index in [4.69, 9.17) is 4.74 Å². The van der Waals surface area contributed by atoms with E-state index in [-0.39, 0.29) is 23.9 Å². The van der Waals surface area contributed by atoms with Crippen molar-refractivity contribution in [3.05, 3.63) is 58.0 Å². The highest BCUT2D eigenvalue weighted by atomic mass is 32.1. The van der Waals surface area contributed by atoms with E-state index in [1.165, 1.54) is 12.1 Å². The molecule has 2 unspecified atom stereocenters. The summed E-state index contributed by atoms with van der Waals surface area (Å²) >= 11 is 1.58. The van der Waals surface area contributed by atoms with E-state index in [9.17, 15) is 9.18 Å². The van der Waals surface area contributed by atoms with Gasteiger partial charge in [0.2, 0.25) is 5.91 Å². The number of amides is 1. The second kappa shape index (κ2) is 7.03. The molecule has 3 nitrogen and oxygen atoms in total. The highest BCUT2D eigenvalue weighted by molar-refractivity contribution is 7.07. The summed E-state index contributed by atoms with van der Waals surface area (Å²) in [6, 6.07) is 7.99. The fourth-order valence-electron chi connectivity index (χ4n) is 2.73. The molecule has 1 saturated heterocycles. The molecule has 2 heterocycles. The van der Waals surface area contributed by atoms with Crippen LogP contribution < -0.4 is 5.32 Å². The number of nitrogens with one attached hydrogen (secondary N) is 1. The Morgan fingerprint density at radius 2 is 2.18 bits per heavy atom. The zero-order valence-electron chi connectivity index (χ0n) is 12.1. The predicted octanol–water partition coefficient (Wildman–Crippen LogP) is 3.47. The minimum Gasteiger partial charge on any atom is -0.376 e. The molecule has 1 aromatic carbocycles. The van der Waals surface area contributed by atoms with Crippen LogP contribution in [0, 0.1) is 5.82 Å². The second-order valence-electron chi connectivity index (χ2n) is 5.46. The van der Waals surface area contributed by atoms with Gasteiger partial charge in [0, 0.05) is 6.61 Å². The van der Waals surface area contributed by atoms with Crippen molar-refractivity contribution < 1.29 is 13.9 Å². The van der Waals surface area contributed by atoms with E-state index in [0.717, 1.165) is 24.0 Å². The van der Waals surface area contributed by atoms with Gasteiger partial charge in [0.25, 0.3) is 0 Å². The quantitative estimate of drug-likeness (QED) is 0.916. The van der Waals surface area contributed by atoms with Gasteiger partial charge in [-0.15, -0.1) is 0 Å². The number of halogens is 1. The summed E-state index contributed by atoms with van der Waals surface area (Å²) in [4.78, 5) is 12.3. The molecule has 1 aliphatic heterocycles. The van der Waals surface area contributed by atoms with Crippen molar-refractivity contribution >= 4 is 17.2 Å². The Morgan fingerprint density at radius 3 is 2.82 bits per heavy atom. The molecular weight excluding hydrogens is 301 g/mol. The van der Waals surface area contributed by atoms with Crippen LogP contribution in [0.15, 0.2) is 41.1 Å². The van der Waals surface area contributed by atoms with Crippen molar-refractivity contribution in [1.82, 2.24) is 5.32 Å². The van der Waals surface area contributed by atoms with Crippen molar-refractivity contribution in [3.8, 4) is 0 Å². The van der Waals surface area contributed by atoms with E-state index in [0.29, 0.717) is 13.0 Å². The zero-order chi connectivity index (χ0) is 15.4. The smallest absolute Gasteiger partial charge is 0.225 e. The molecule has 2 aromatic rings. The molecular formula is C17H18FNO2S. The average molecular weight is 319 g/mol.